The first-order valence-electron chi connectivity index (χ1n) is 6.85. The summed E-state index contributed by atoms with van der Waals surface area (Å²) in [6, 6.07) is 7.95. The minimum absolute atomic E-state index is 0.0632. The average molecular weight is 264 g/mol. The van der Waals surface area contributed by atoms with Crippen LogP contribution < -0.4 is 0 Å². The first kappa shape index (κ1) is 17.4. The van der Waals surface area contributed by atoms with Crippen LogP contribution >= 0.6 is 0 Å². The highest BCUT2D eigenvalue weighted by Gasteiger charge is 2.10. The van der Waals surface area contributed by atoms with Crippen LogP contribution in [0.15, 0.2) is 24.3 Å². The van der Waals surface area contributed by atoms with E-state index >= 15 is 0 Å². The number of esters is 1. The number of aryl methyl sites for hydroxylation is 2. The van der Waals surface area contributed by atoms with Crippen LogP contribution in [0, 0.1) is 6.92 Å². The van der Waals surface area contributed by atoms with Crippen molar-refractivity contribution in [3.05, 3.63) is 35.4 Å². The van der Waals surface area contributed by atoms with Crippen LogP contribution in [0.4, 0.5) is 0 Å². The quantitative estimate of drug-likeness (QED) is 0.583. The number of benzene rings is 1. The van der Waals surface area contributed by atoms with Crippen molar-refractivity contribution in [3.63, 3.8) is 0 Å². The summed E-state index contributed by atoms with van der Waals surface area (Å²) in [4.78, 5) is 22.6. The molecule has 0 amide bonds. The molecule has 0 fully saturated rings. The topological polar surface area (TPSA) is 43.4 Å². The molecule has 0 aliphatic rings. The molecule has 0 saturated carbocycles. The van der Waals surface area contributed by atoms with E-state index in [0.717, 1.165) is 5.56 Å². The van der Waals surface area contributed by atoms with Crippen LogP contribution in [-0.4, -0.2) is 18.4 Å². The molecule has 0 bridgehead atoms. The second-order valence-electron chi connectivity index (χ2n) is 3.95. The summed E-state index contributed by atoms with van der Waals surface area (Å²) in [6.07, 6.45) is 0.967. The Morgan fingerprint density at radius 2 is 1.79 bits per heavy atom. The number of hydrogen-bond donors (Lipinski definition) is 0. The number of carbonyl (C=O) groups is 2. The van der Waals surface area contributed by atoms with E-state index in [0.29, 0.717) is 19.4 Å². The fraction of sp³-hybridized carbons (Fsp3) is 0.500. The number of Topliss-reactive ketones (excluding diaryl/α,β-unsaturated/α-hetero) is 1. The maximum Gasteiger partial charge on any atom is 0.313 e. The fourth-order valence-corrected chi connectivity index (χ4v) is 1.63. The maximum atomic E-state index is 11.5. The molecule has 0 unspecified atom stereocenters. The van der Waals surface area contributed by atoms with Crippen molar-refractivity contribution in [3.8, 4) is 0 Å². The van der Waals surface area contributed by atoms with Gasteiger partial charge in [-0.3, -0.25) is 9.59 Å². The van der Waals surface area contributed by atoms with Crippen LogP contribution in [0.1, 0.15) is 44.7 Å². The number of ketones is 1. The third-order valence-electron chi connectivity index (χ3n) is 2.58. The lowest BCUT2D eigenvalue weighted by Gasteiger charge is -2.04. The van der Waals surface area contributed by atoms with E-state index in [1.165, 1.54) is 5.56 Å². The maximum absolute atomic E-state index is 11.5. The van der Waals surface area contributed by atoms with Crippen molar-refractivity contribution in [2.75, 3.05) is 6.61 Å². The number of hydrogen-bond acceptors (Lipinski definition) is 3. The Morgan fingerprint density at radius 1 is 1.16 bits per heavy atom. The summed E-state index contributed by atoms with van der Waals surface area (Å²) >= 11 is 0. The van der Waals surface area contributed by atoms with Crippen molar-refractivity contribution in [2.45, 2.75) is 47.0 Å². The Balaban J connectivity index is 0.00000154. The number of ether oxygens (including phenoxy) is 1. The molecule has 0 saturated heterocycles. The second kappa shape index (κ2) is 10.3. The van der Waals surface area contributed by atoms with Gasteiger partial charge < -0.3 is 4.74 Å². The van der Waals surface area contributed by atoms with Crippen LogP contribution in [0.25, 0.3) is 0 Å². The molecule has 1 aromatic rings. The van der Waals surface area contributed by atoms with Crippen molar-refractivity contribution in [1.82, 2.24) is 0 Å². The van der Waals surface area contributed by atoms with Gasteiger partial charge in [-0.25, -0.2) is 0 Å². The molecule has 1 aromatic carbocycles. The summed E-state index contributed by atoms with van der Waals surface area (Å²) in [6.45, 7) is 8.07. The zero-order valence-corrected chi connectivity index (χ0v) is 12.4. The summed E-state index contributed by atoms with van der Waals surface area (Å²) in [5.41, 5.74) is 2.33. The second-order valence-corrected chi connectivity index (χ2v) is 3.95. The Labute approximate surface area is 116 Å². The predicted octanol–water partition coefficient (Wildman–Crippen LogP) is 3.48. The van der Waals surface area contributed by atoms with Crippen molar-refractivity contribution >= 4 is 11.8 Å². The van der Waals surface area contributed by atoms with Gasteiger partial charge in [-0.15, -0.1) is 0 Å². The highest BCUT2D eigenvalue weighted by atomic mass is 16.5. The molecule has 0 aliphatic heterocycles. The van der Waals surface area contributed by atoms with E-state index in [1.54, 1.807) is 6.92 Å². The summed E-state index contributed by atoms with van der Waals surface area (Å²) in [7, 11) is 0. The third kappa shape index (κ3) is 7.39. The Hall–Kier alpha value is -1.64. The minimum Gasteiger partial charge on any atom is -0.466 e. The van der Waals surface area contributed by atoms with Gasteiger partial charge in [0.25, 0.3) is 0 Å². The molecule has 106 valence electrons. The smallest absolute Gasteiger partial charge is 0.313 e. The largest absolute Gasteiger partial charge is 0.466 e. The fourth-order valence-electron chi connectivity index (χ4n) is 1.63. The van der Waals surface area contributed by atoms with Gasteiger partial charge in [-0.2, -0.15) is 0 Å². The molecule has 0 heterocycles. The zero-order valence-electron chi connectivity index (χ0n) is 12.4. The monoisotopic (exact) mass is 264 g/mol. The number of rotatable bonds is 6. The van der Waals surface area contributed by atoms with Gasteiger partial charge in [0.2, 0.25) is 0 Å². The first-order valence-corrected chi connectivity index (χ1v) is 6.85. The van der Waals surface area contributed by atoms with Gasteiger partial charge in [0, 0.05) is 6.42 Å². The van der Waals surface area contributed by atoms with Gasteiger partial charge in [0.05, 0.1) is 6.61 Å². The van der Waals surface area contributed by atoms with Gasteiger partial charge in [0.1, 0.15) is 12.2 Å². The minimum atomic E-state index is -0.428. The summed E-state index contributed by atoms with van der Waals surface area (Å²) in [5, 5.41) is 0. The molecule has 0 N–H and O–H groups in total. The van der Waals surface area contributed by atoms with Crippen LogP contribution in [-0.2, 0) is 20.7 Å². The van der Waals surface area contributed by atoms with E-state index in [2.05, 4.69) is 0 Å². The van der Waals surface area contributed by atoms with Gasteiger partial charge >= 0.3 is 5.97 Å². The normalized spacial score (nSPS) is 9.26. The van der Waals surface area contributed by atoms with Crippen molar-refractivity contribution < 1.29 is 14.3 Å². The van der Waals surface area contributed by atoms with E-state index in [-0.39, 0.29) is 12.2 Å². The van der Waals surface area contributed by atoms with Gasteiger partial charge in [-0.05, 0) is 31.4 Å². The molecule has 0 spiro atoms. The highest BCUT2D eigenvalue weighted by Crippen LogP contribution is 2.10. The molecular weight excluding hydrogens is 240 g/mol. The molecule has 0 radical (unpaired) electrons. The predicted molar refractivity (Wildman–Crippen MR) is 77.1 cm³/mol. The molecule has 3 nitrogen and oxygen atoms in total. The Morgan fingerprint density at radius 3 is 2.37 bits per heavy atom. The van der Waals surface area contributed by atoms with Crippen molar-refractivity contribution in [1.29, 1.82) is 0 Å². The van der Waals surface area contributed by atoms with Gasteiger partial charge in [-0.1, -0.05) is 38.1 Å². The first-order chi connectivity index (χ1) is 9.13. The SMILES string of the molecule is CC.CCOC(=O)CC(=O)CCc1ccccc1C. The molecule has 0 atom stereocenters. The highest BCUT2D eigenvalue weighted by molar-refractivity contribution is 5.95. The average Bonchev–Trinajstić information content (AvgIpc) is 2.40. The third-order valence-corrected chi connectivity index (χ3v) is 2.58. The van der Waals surface area contributed by atoms with E-state index in [4.69, 9.17) is 4.74 Å². The molecule has 19 heavy (non-hydrogen) atoms. The lowest BCUT2D eigenvalue weighted by molar-refractivity contribution is -0.145. The molecule has 0 aromatic heterocycles. The molecule has 0 aliphatic carbocycles. The number of carbonyl (C=O) groups excluding carboxylic acids is 2. The Bertz CT molecular complexity index is 397. The standard InChI is InChI=1S/C14H18O3.C2H6/c1-3-17-14(16)10-13(15)9-8-12-7-5-4-6-11(12)2;1-2/h4-7H,3,8-10H2,1-2H3;1-2H3. The molecule has 3 heteroatoms. The summed E-state index contributed by atoms with van der Waals surface area (Å²) < 4.78 is 4.73. The van der Waals surface area contributed by atoms with E-state index < -0.39 is 5.97 Å². The van der Waals surface area contributed by atoms with Crippen LogP contribution in [0.3, 0.4) is 0 Å². The van der Waals surface area contributed by atoms with E-state index in [1.807, 2.05) is 45.0 Å². The van der Waals surface area contributed by atoms with Crippen LogP contribution in [0.5, 0.6) is 0 Å². The lowest BCUT2D eigenvalue weighted by atomic mass is 10.0. The van der Waals surface area contributed by atoms with E-state index in [9.17, 15) is 9.59 Å². The lowest BCUT2D eigenvalue weighted by Crippen LogP contribution is -2.11. The van der Waals surface area contributed by atoms with Gasteiger partial charge in [0.15, 0.2) is 0 Å². The summed E-state index contributed by atoms with van der Waals surface area (Å²) in [5.74, 6) is -0.492. The van der Waals surface area contributed by atoms with Crippen LogP contribution in [0.2, 0.25) is 0 Å². The zero-order chi connectivity index (χ0) is 14.7. The Kier molecular flexibility index (Phi) is 9.41. The molecule has 1 rings (SSSR count). The molecular formula is C16H24O3. The van der Waals surface area contributed by atoms with Crippen molar-refractivity contribution in [2.24, 2.45) is 0 Å².